The Hall–Kier alpha value is 0.340. The van der Waals surface area contributed by atoms with Crippen molar-refractivity contribution in [1.82, 2.24) is 0 Å². The fourth-order valence-corrected chi connectivity index (χ4v) is 7.22. The standard InChI is InChI=1S/C14H11Br3OTe/c15-19(16,17)10-14(18)13-8-6-12(7-9-13)11-4-2-1-3-5-11/h1-9H,10H2. The van der Waals surface area contributed by atoms with E-state index in [1.165, 1.54) is 0 Å². The zero-order chi connectivity index (χ0) is 13.9. The number of benzene rings is 2. The Labute approximate surface area is 135 Å². The van der Waals surface area contributed by atoms with Crippen molar-refractivity contribution in [3.05, 3.63) is 60.2 Å². The third kappa shape index (κ3) is 4.99. The van der Waals surface area contributed by atoms with Gasteiger partial charge in [0, 0.05) is 0 Å². The van der Waals surface area contributed by atoms with E-state index in [-0.39, 0.29) is 5.78 Å². The van der Waals surface area contributed by atoms with Crippen LogP contribution in [0.4, 0.5) is 0 Å². The van der Waals surface area contributed by atoms with Crippen molar-refractivity contribution in [2.45, 2.75) is 4.47 Å². The summed E-state index contributed by atoms with van der Waals surface area (Å²) in [7, 11) is 0. The quantitative estimate of drug-likeness (QED) is 0.347. The first-order valence-electron chi connectivity index (χ1n) is 5.54. The zero-order valence-corrected chi connectivity index (χ0v) is 16.9. The van der Waals surface area contributed by atoms with Crippen molar-refractivity contribution in [3.63, 3.8) is 0 Å². The second-order valence-electron chi connectivity index (χ2n) is 4.01. The summed E-state index contributed by atoms with van der Waals surface area (Å²) >= 11 is 8.19. The van der Waals surface area contributed by atoms with Gasteiger partial charge in [-0.15, -0.1) is 0 Å². The van der Waals surface area contributed by atoms with Crippen molar-refractivity contribution < 1.29 is 4.79 Å². The van der Waals surface area contributed by atoms with Crippen LogP contribution < -0.4 is 0 Å². The molecule has 0 atom stereocenters. The van der Waals surface area contributed by atoms with Gasteiger partial charge in [0.05, 0.1) is 0 Å². The van der Waals surface area contributed by atoms with Gasteiger partial charge in [-0.25, -0.2) is 0 Å². The maximum absolute atomic E-state index is 12.1. The predicted octanol–water partition coefficient (Wildman–Crippen LogP) is 5.66. The summed E-state index contributed by atoms with van der Waals surface area (Å²) in [6.45, 7) is 0. The van der Waals surface area contributed by atoms with Crippen molar-refractivity contribution in [1.29, 1.82) is 0 Å². The van der Waals surface area contributed by atoms with Crippen LogP contribution >= 0.6 is 38.3 Å². The van der Waals surface area contributed by atoms with Crippen LogP contribution in [0.1, 0.15) is 10.4 Å². The van der Waals surface area contributed by atoms with E-state index in [1.54, 1.807) is 0 Å². The number of ketones is 1. The third-order valence-electron chi connectivity index (χ3n) is 2.61. The summed E-state index contributed by atoms with van der Waals surface area (Å²) in [5, 5.41) is 0. The van der Waals surface area contributed by atoms with Crippen molar-refractivity contribution in [3.8, 4) is 11.1 Å². The van der Waals surface area contributed by atoms with Crippen molar-refractivity contribution in [2.75, 3.05) is 0 Å². The monoisotopic (exact) mass is 562 g/mol. The summed E-state index contributed by atoms with van der Waals surface area (Å²) in [6.07, 6.45) is 0. The van der Waals surface area contributed by atoms with Gasteiger partial charge in [0.1, 0.15) is 0 Å². The summed E-state index contributed by atoms with van der Waals surface area (Å²) < 4.78 is 0.521. The molecular weight excluding hydrogens is 551 g/mol. The Kier molecular flexibility index (Phi) is 5.68. The number of hydrogen-bond donors (Lipinski definition) is 0. The molecule has 2 aromatic rings. The van der Waals surface area contributed by atoms with Crippen LogP contribution in [0.5, 0.6) is 0 Å². The number of rotatable bonds is 4. The maximum atomic E-state index is 12.1. The molecule has 19 heavy (non-hydrogen) atoms. The second-order valence-corrected chi connectivity index (χ2v) is 47.4. The molecule has 0 saturated carbocycles. The third-order valence-corrected chi connectivity index (χ3v) is 8.90. The molecule has 0 N–H and O–H groups in total. The predicted molar refractivity (Wildman–Crippen MR) is 93.6 cm³/mol. The van der Waals surface area contributed by atoms with Gasteiger partial charge in [-0.2, -0.15) is 0 Å². The average molecular weight is 563 g/mol. The van der Waals surface area contributed by atoms with E-state index >= 15 is 0 Å². The molecule has 0 aliphatic rings. The van der Waals surface area contributed by atoms with Gasteiger partial charge < -0.3 is 0 Å². The first kappa shape index (κ1) is 15.7. The Morgan fingerprint density at radius 2 is 1.37 bits per heavy atom. The minimum absolute atomic E-state index is 0.159. The van der Waals surface area contributed by atoms with E-state index in [0.29, 0.717) is 4.47 Å². The Balaban J connectivity index is 2.17. The molecule has 2 aromatic carbocycles. The molecule has 0 aliphatic heterocycles. The summed E-state index contributed by atoms with van der Waals surface area (Å²) in [5.41, 5.74) is 3.05. The fourth-order valence-electron chi connectivity index (χ4n) is 1.71. The van der Waals surface area contributed by atoms with E-state index in [4.69, 9.17) is 0 Å². The molecule has 1 nitrogen and oxygen atoms in total. The van der Waals surface area contributed by atoms with Crippen molar-refractivity contribution in [2.24, 2.45) is 0 Å². The molecule has 0 saturated heterocycles. The van der Waals surface area contributed by atoms with Crippen LogP contribution in [0.15, 0.2) is 54.6 Å². The van der Waals surface area contributed by atoms with Crippen LogP contribution in [0.25, 0.3) is 11.1 Å². The number of Topliss-reactive ketones (excluding diaryl/α,β-unsaturated/α-hetero) is 1. The summed E-state index contributed by atoms with van der Waals surface area (Å²) in [5.74, 6) is 0.159. The van der Waals surface area contributed by atoms with E-state index in [2.05, 4.69) is 50.4 Å². The van der Waals surface area contributed by atoms with Crippen LogP contribution in [0.3, 0.4) is 0 Å². The molecule has 5 heteroatoms. The molecular formula is C14H11Br3OTe. The number of halogens is 3. The van der Waals surface area contributed by atoms with Crippen LogP contribution in [0.2, 0.25) is 4.47 Å². The number of hydrogen-bond acceptors (Lipinski definition) is 1. The number of carbonyl (C=O) groups is 1. The molecule has 0 unspecified atom stereocenters. The minimum atomic E-state index is -2.40. The van der Waals surface area contributed by atoms with Gasteiger partial charge in [0.2, 0.25) is 0 Å². The van der Waals surface area contributed by atoms with Gasteiger partial charge in [-0.05, 0) is 0 Å². The van der Waals surface area contributed by atoms with E-state index in [1.807, 2.05) is 42.5 Å². The average Bonchev–Trinajstić information content (AvgIpc) is 2.38. The van der Waals surface area contributed by atoms with Gasteiger partial charge in [0.15, 0.2) is 0 Å². The number of carbonyl (C=O) groups excluding carboxylic acids is 1. The molecule has 0 bridgehead atoms. The molecule has 0 amide bonds. The van der Waals surface area contributed by atoms with E-state index in [0.717, 1.165) is 16.7 Å². The second kappa shape index (κ2) is 6.87. The summed E-state index contributed by atoms with van der Waals surface area (Å²) in [6, 6.07) is 17.9. The Morgan fingerprint density at radius 3 is 1.89 bits per heavy atom. The molecule has 0 heterocycles. The Morgan fingerprint density at radius 1 is 0.842 bits per heavy atom. The molecule has 0 aromatic heterocycles. The normalized spacial score (nSPS) is 12.2. The fraction of sp³-hybridized carbons (Fsp3) is 0.0714. The molecule has 0 aliphatic carbocycles. The SMILES string of the molecule is O=C(C[Te](Br)(Br)Br)c1ccc(-c2ccccc2)cc1. The molecule has 0 spiro atoms. The van der Waals surface area contributed by atoms with Gasteiger partial charge in [-0.1, -0.05) is 0 Å². The topological polar surface area (TPSA) is 17.1 Å². The summed E-state index contributed by atoms with van der Waals surface area (Å²) in [4.78, 5) is 12.1. The van der Waals surface area contributed by atoms with Crippen LogP contribution in [-0.2, 0) is 0 Å². The molecule has 100 valence electrons. The molecule has 0 radical (unpaired) electrons. The van der Waals surface area contributed by atoms with Crippen LogP contribution in [-0.4, -0.2) is 17.3 Å². The first-order chi connectivity index (χ1) is 8.96. The zero-order valence-electron chi connectivity index (χ0n) is 9.85. The first-order valence-corrected chi connectivity index (χ1v) is 22.9. The van der Waals surface area contributed by atoms with E-state index in [9.17, 15) is 4.79 Å². The van der Waals surface area contributed by atoms with Gasteiger partial charge in [-0.3, -0.25) is 0 Å². The Bertz CT molecular complexity index is 561. The van der Waals surface area contributed by atoms with Gasteiger partial charge >= 0.3 is 136 Å². The molecule has 0 fully saturated rings. The van der Waals surface area contributed by atoms with Crippen LogP contribution in [0, 0.1) is 0 Å². The molecule has 2 rings (SSSR count). The van der Waals surface area contributed by atoms with E-state index < -0.39 is 11.6 Å². The van der Waals surface area contributed by atoms with Gasteiger partial charge in [0.25, 0.3) is 0 Å². The van der Waals surface area contributed by atoms with Crippen molar-refractivity contribution >= 4 is 55.6 Å².